The summed E-state index contributed by atoms with van der Waals surface area (Å²) in [5.41, 5.74) is 3.40. The summed E-state index contributed by atoms with van der Waals surface area (Å²) >= 11 is 0. The van der Waals surface area contributed by atoms with E-state index in [1.165, 1.54) is 44.9 Å². The van der Waals surface area contributed by atoms with Gasteiger partial charge in [0.15, 0.2) is 0 Å². The fraction of sp³-hybridized carbons (Fsp3) is 0.875. The smallest absolute Gasteiger partial charge is 0.0798 e. The Bertz CT molecular complexity index is 830. The molecule has 3 fully saturated rings. The number of allylic oxidation sites excluding steroid dienone is 2. The lowest BCUT2D eigenvalue weighted by Crippen LogP contribution is -2.58. The van der Waals surface area contributed by atoms with Crippen LogP contribution in [0.5, 0.6) is 0 Å². The maximum atomic E-state index is 10.3. The van der Waals surface area contributed by atoms with Gasteiger partial charge in [0, 0.05) is 7.11 Å². The van der Waals surface area contributed by atoms with Crippen LogP contribution in [0.4, 0.5) is 0 Å². The molecule has 34 heavy (non-hydrogen) atoms. The molecule has 2 heteroatoms. The molecule has 8 unspecified atom stereocenters. The zero-order chi connectivity index (χ0) is 25.3. The molecule has 0 aromatic carbocycles. The number of methoxy groups -OCH3 is 1. The minimum atomic E-state index is -0.764. The van der Waals surface area contributed by atoms with Gasteiger partial charge in [-0.1, -0.05) is 59.8 Å². The van der Waals surface area contributed by atoms with Crippen molar-refractivity contribution >= 4 is 0 Å². The normalized spacial score (nSPS) is 44.5. The first kappa shape index (κ1) is 26.5. The Balaban J connectivity index is 1.59. The molecule has 0 heterocycles. The van der Waals surface area contributed by atoms with Crippen LogP contribution >= 0.6 is 0 Å². The van der Waals surface area contributed by atoms with Crippen LogP contribution in [0, 0.1) is 45.3 Å². The van der Waals surface area contributed by atoms with E-state index >= 15 is 0 Å². The first-order chi connectivity index (χ1) is 15.6. The van der Waals surface area contributed by atoms with Gasteiger partial charge in [-0.15, -0.1) is 0 Å². The predicted molar refractivity (Wildman–Crippen MR) is 144 cm³/mol. The predicted octanol–water partition coefficient (Wildman–Crippen LogP) is 8.35. The molecule has 0 aromatic rings. The third-order valence-corrected chi connectivity index (χ3v) is 12.6. The molecule has 3 saturated carbocycles. The molecule has 0 aliphatic heterocycles. The lowest BCUT2D eigenvalue weighted by Gasteiger charge is -2.64. The van der Waals surface area contributed by atoms with Gasteiger partial charge in [0.25, 0.3) is 0 Å². The molecule has 4 rings (SSSR count). The molecule has 194 valence electrons. The number of fused-ring (bicyclic) bond motifs is 5. The second-order valence-electron chi connectivity index (χ2n) is 14.7. The van der Waals surface area contributed by atoms with Gasteiger partial charge in [0.05, 0.1) is 11.7 Å². The summed E-state index contributed by atoms with van der Waals surface area (Å²) in [5, 5.41) is 10.3. The SMILES string of the molecule is C=C(CCC(C)C1CCC2(C)C3CCC4C(C)(CCC(OC)C4(C)C)C3=CCC12C)C(C)(C)O. The van der Waals surface area contributed by atoms with Gasteiger partial charge in [-0.3, -0.25) is 0 Å². The van der Waals surface area contributed by atoms with Gasteiger partial charge in [-0.2, -0.15) is 0 Å². The molecule has 0 saturated heterocycles. The lowest BCUT2D eigenvalue weighted by atomic mass is 9.41. The highest BCUT2D eigenvalue weighted by Crippen LogP contribution is 2.73. The van der Waals surface area contributed by atoms with Crippen molar-refractivity contribution in [3.05, 3.63) is 23.8 Å². The minimum Gasteiger partial charge on any atom is -0.386 e. The molecule has 4 aliphatic carbocycles. The Kier molecular flexibility index (Phi) is 6.60. The van der Waals surface area contributed by atoms with Crippen molar-refractivity contribution < 1.29 is 9.84 Å². The van der Waals surface area contributed by atoms with Crippen molar-refractivity contribution in [2.75, 3.05) is 7.11 Å². The monoisotopic (exact) mass is 470 g/mol. The molecule has 0 aromatic heterocycles. The van der Waals surface area contributed by atoms with E-state index in [0.29, 0.717) is 28.3 Å². The van der Waals surface area contributed by atoms with Crippen molar-refractivity contribution in [1.82, 2.24) is 0 Å². The van der Waals surface area contributed by atoms with Crippen LogP contribution in [-0.4, -0.2) is 23.9 Å². The molecule has 1 N–H and O–H groups in total. The topological polar surface area (TPSA) is 29.5 Å². The van der Waals surface area contributed by atoms with Crippen LogP contribution in [0.1, 0.15) is 113 Å². The quantitative estimate of drug-likeness (QED) is 0.395. The van der Waals surface area contributed by atoms with E-state index in [4.69, 9.17) is 4.74 Å². The fourth-order valence-corrected chi connectivity index (χ4v) is 9.99. The Morgan fingerprint density at radius 2 is 1.76 bits per heavy atom. The van der Waals surface area contributed by atoms with E-state index in [0.717, 1.165) is 36.2 Å². The summed E-state index contributed by atoms with van der Waals surface area (Å²) in [6, 6.07) is 0. The van der Waals surface area contributed by atoms with Crippen molar-refractivity contribution in [3.8, 4) is 0 Å². The summed E-state index contributed by atoms with van der Waals surface area (Å²) in [4.78, 5) is 0. The summed E-state index contributed by atoms with van der Waals surface area (Å²) < 4.78 is 6.00. The molecule has 2 nitrogen and oxygen atoms in total. The van der Waals surface area contributed by atoms with Crippen LogP contribution in [-0.2, 0) is 4.74 Å². The molecular formula is C32H54O2. The molecular weight excluding hydrogens is 416 g/mol. The van der Waals surface area contributed by atoms with E-state index in [2.05, 4.69) is 54.2 Å². The third kappa shape index (κ3) is 3.71. The van der Waals surface area contributed by atoms with Crippen LogP contribution in [0.25, 0.3) is 0 Å². The van der Waals surface area contributed by atoms with Crippen LogP contribution in [0.2, 0.25) is 0 Å². The molecule has 4 aliphatic rings. The highest BCUT2D eigenvalue weighted by atomic mass is 16.5. The van der Waals surface area contributed by atoms with E-state index in [1.807, 2.05) is 26.5 Å². The Morgan fingerprint density at radius 1 is 1.09 bits per heavy atom. The van der Waals surface area contributed by atoms with E-state index in [-0.39, 0.29) is 5.41 Å². The van der Waals surface area contributed by atoms with E-state index in [1.54, 1.807) is 0 Å². The molecule has 0 spiro atoms. The summed E-state index contributed by atoms with van der Waals surface area (Å²) in [7, 11) is 1.92. The second-order valence-corrected chi connectivity index (χ2v) is 14.7. The average Bonchev–Trinajstić information content (AvgIpc) is 3.02. The summed E-state index contributed by atoms with van der Waals surface area (Å²) in [6.07, 6.45) is 14.4. The first-order valence-corrected chi connectivity index (χ1v) is 14.3. The standard InChI is InChI=1S/C32H54O2/c1-21(11-12-22(2)29(5,6)33)23-15-19-32(9)25-13-14-26-28(3,4)27(34-10)17-18-30(26,7)24(25)16-20-31(23,32)8/h16,21,23,25-27,33H,2,11-15,17-20H2,1,3-10H3. The minimum absolute atomic E-state index is 0.241. The number of hydrogen-bond acceptors (Lipinski definition) is 2. The van der Waals surface area contributed by atoms with Gasteiger partial charge in [0.2, 0.25) is 0 Å². The van der Waals surface area contributed by atoms with Crippen molar-refractivity contribution in [2.24, 2.45) is 45.3 Å². The molecule has 8 atom stereocenters. The number of ether oxygens (including phenoxy) is 1. The molecule has 0 radical (unpaired) electrons. The van der Waals surface area contributed by atoms with Gasteiger partial charge >= 0.3 is 0 Å². The number of aliphatic hydroxyl groups is 1. The first-order valence-electron chi connectivity index (χ1n) is 14.3. The maximum Gasteiger partial charge on any atom is 0.0798 e. The van der Waals surface area contributed by atoms with Crippen LogP contribution in [0.3, 0.4) is 0 Å². The van der Waals surface area contributed by atoms with Crippen LogP contribution in [0.15, 0.2) is 23.8 Å². The van der Waals surface area contributed by atoms with Gasteiger partial charge in [0.1, 0.15) is 0 Å². The van der Waals surface area contributed by atoms with E-state index in [9.17, 15) is 5.11 Å². The fourth-order valence-electron chi connectivity index (χ4n) is 9.99. The van der Waals surface area contributed by atoms with Crippen molar-refractivity contribution in [1.29, 1.82) is 0 Å². The highest BCUT2D eigenvalue weighted by molar-refractivity contribution is 5.32. The lowest BCUT2D eigenvalue weighted by molar-refractivity contribution is -0.130. The zero-order valence-electron chi connectivity index (χ0n) is 23.9. The van der Waals surface area contributed by atoms with Crippen LogP contribution < -0.4 is 0 Å². The Hall–Kier alpha value is -0.600. The third-order valence-electron chi connectivity index (χ3n) is 12.6. The van der Waals surface area contributed by atoms with E-state index < -0.39 is 5.60 Å². The molecule has 0 bridgehead atoms. The largest absolute Gasteiger partial charge is 0.386 e. The van der Waals surface area contributed by atoms with Gasteiger partial charge in [-0.25, -0.2) is 0 Å². The summed E-state index contributed by atoms with van der Waals surface area (Å²) in [5.74, 6) is 2.89. The number of hydrogen-bond donors (Lipinski definition) is 1. The highest BCUT2D eigenvalue weighted by Gasteiger charge is 2.65. The van der Waals surface area contributed by atoms with Gasteiger partial charge in [-0.05, 0) is 123 Å². The average molecular weight is 471 g/mol. The Morgan fingerprint density at radius 3 is 2.38 bits per heavy atom. The second kappa shape index (κ2) is 8.47. The van der Waals surface area contributed by atoms with Crippen molar-refractivity contribution in [2.45, 2.75) is 125 Å². The van der Waals surface area contributed by atoms with Crippen molar-refractivity contribution in [3.63, 3.8) is 0 Å². The number of rotatable bonds is 6. The molecule has 0 amide bonds. The summed E-state index contributed by atoms with van der Waals surface area (Å²) in [6.45, 7) is 23.3. The van der Waals surface area contributed by atoms with Gasteiger partial charge < -0.3 is 9.84 Å². The maximum absolute atomic E-state index is 10.3. The Labute approximate surface area is 211 Å². The zero-order valence-corrected chi connectivity index (χ0v) is 23.9.